The van der Waals surface area contributed by atoms with Gasteiger partial charge in [-0.15, -0.1) is 6.58 Å². The van der Waals surface area contributed by atoms with Crippen LogP contribution in [0.3, 0.4) is 0 Å². The number of nitrogens with zero attached hydrogens (tertiary/aromatic N) is 1. The monoisotopic (exact) mass is 374 g/mol. The molecule has 0 aliphatic heterocycles. The van der Waals surface area contributed by atoms with Gasteiger partial charge in [0.05, 0.1) is 4.90 Å². The van der Waals surface area contributed by atoms with Crippen LogP contribution < -0.4 is 5.73 Å². The van der Waals surface area contributed by atoms with E-state index < -0.39 is 15.6 Å². The Kier molecular flexibility index (Phi) is 5.77. The normalized spacial score (nSPS) is 12.7. The first-order valence-corrected chi connectivity index (χ1v) is 8.91. The maximum Gasteiger partial charge on any atom is 0.244 e. The standard InChI is InChI=1S/C15H23BrN2O2S/c1-6-7-18(15(3,4)5)21(19,20)14-9-12(10-17)8-13(16)11(14)2/h6,8-9H,1,7,10,17H2,2-5H3. The molecule has 0 saturated carbocycles. The third-order valence-electron chi connectivity index (χ3n) is 3.20. The summed E-state index contributed by atoms with van der Waals surface area (Å²) in [5.41, 5.74) is 6.58. The Balaban J connectivity index is 3.55. The van der Waals surface area contributed by atoms with Gasteiger partial charge in [0.25, 0.3) is 0 Å². The van der Waals surface area contributed by atoms with Gasteiger partial charge in [-0.2, -0.15) is 4.31 Å². The predicted molar refractivity (Wildman–Crippen MR) is 90.6 cm³/mol. The summed E-state index contributed by atoms with van der Waals surface area (Å²) in [4.78, 5) is 0.286. The number of sulfonamides is 1. The molecule has 0 aliphatic rings. The minimum absolute atomic E-state index is 0.260. The van der Waals surface area contributed by atoms with Crippen molar-refractivity contribution in [1.29, 1.82) is 0 Å². The lowest BCUT2D eigenvalue weighted by atomic mass is 10.1. The van der Waals surface area contributed by atoms with E-state index in [-0.39, 0.29) is 11.4 Å². The van der Waals surface area contributed by atoms with Gasteiger partial charge in [0, 0.05) is 23.1 Å². The molecule has 0 amide bonds. The number of halogens is 1. The molecule has 2 N–H and O–H groups in total. The molecule has 0 saturated heterocycles. The summed E-state index contributed by atoms with van der Waals surface area (Å²) in [6.07, 6.45) is 1.60. The Hall–Kier alpha value is -0.690. The van der Waals surface area contributed by atoms with Crippen LogP contribution in [0.1, 0.15) is 31.9 Å². The van der Waals surface area contributed by atoms with Crippen LogP contribution in [0.25, 0.3) is 0 Å². The second-order valence-electron chi connectivity index (χ2n) is 5.90. The fourth-order valence-electron chi connectivity index (χ4n) is 2.06. The van der Waals surface area contributed by atoms with Gasteiger partial charge in [0.2, 0.25) is 10.0 Å². The Morgan fingerprint density at radius 2 is 1.95 bits per heavy atom. The minimum Gasteiger partial charge on any atom is -0.326 e. The van der Waals surface area contributed by atoms with Crippen LogP contribution in [0.5, 0.6) is 0 Å². The molecular weight excluding hydrogens is 352 g/mol. The lowest BCUT2D eigenvalue weighted by Crippen LogP contribution is -2.45. The maximum absolute atomic E-state index is 13.0. The average Bonchev–Trinajstić information content (AvgIpc) is 2.37. The maximum atomic E-state index is 13.0. The summed E-state index contributed by atoms with van der Waals surface area (Å²) in [5.74, 6) is 0. The molecule has 1 aromatic carbocycles. The van der Waals surface area contributed by atoms with Gasteiger partial charge in [-0.1, -0.05) is 22.0 Å². The van der Waals surface area contributed by atoms with Crippen LogP contribution in [-0.4, -0.2) is 24.8 Å². The SMILES string of the molecule is C=CCN(C(C)(C)C)S(=O)(=O)c1cc(CN)cc(Br)c1C. The minimum atomic E-state index is -3.63. The Morgan fingerprint density at radius 1 is 1.38 bits per heavy atom. The highest BCUT2D eigenvalue weighted by molar-refractivity contribution is 9.10. The van der Waals surface area contributed by atoms with E-state index in [0.717, 1.165) is 10.0 Å². The van der Waals surface area contributed by atoms with E-state index in [0.29, 0.717) is 12.1 Å². The van der Waals surface area contributed by atoms with E-state index >= 15 is 0 Å². The second-order valence-corrected chi connectivity index (χ2v) is 8.59. The molecule has 0 spiro atoms. The van der Waals surface area contributed by atoms with Crippen molar-refractivity contribution in [3.63, 3.8) is 0 Å². The van der Waals surface area contributed by atoms with Gasteiger partial charge in [-0.3, -0.25) is 0 Å². The highest BCUT2D eigenvalue weighted by Crippen LogP contribution is 2.31. The van der Waals surface area contributed by atoms with E-state index in [2.05, 4.69) is 22.5 Å². The highest BCUT2D eigenvalue weighted by Gasteiger charge is 2.34. The first-order chi connectivity index (χ1) is 9.55. The van der Waals surface area contributed by atoms with Crippen LogP contribution in [0.2, 0.25) is 0 Å². The van der Waals surface area contributed by atoms with Gasteiger partial charge in [0.15, 0.2) is 0 Å². The summed E-state index contributed by atoms with van der Waals surface area (Å²) < 4.78 is 28.2. The molecule has 0 fully saturated rings. The molecular formula is C15H23BrN2O2S. The lowest BCUT2D eigenvalue weighted by Gasteiger charge is -2.34. The van der Waals surface area contributed by atoms with Gasteiger partial charge in [-0.05, 0) is 51.0 Å². The zero-order valence-corrected chi connectivity index (χ0v) is 15.4. The molecule has 0 bridgehead atoms. The Labute approximate surface area is 136 Å². The summed E-state index contributed by atoms with van der Waals surface area (Å²) in [6.45, 7) is 11.6. The van der Waals surface area contributed by atoms with Crippen molar-refractivity contribution in [2.24, 2.45) is 5.73 Å². The van der Waals surface area contributed by atoms with Gasteiger partial charge < -0.3 is 5.73 Å². The van der Waals surface area contributed by atoms with Crippen LogP contribution in [0.4, 0.5) is 0 Å². The number of hydrogen-bond donors (Lipinski definition) is 1. The number of rotatable bonds is 5. The molecule has 0 heterocycles. The zero-order chi connectivity index (χ0) is 16.4. The molecule has 0 unspecified atom stereocenters. The highest BCUT2D eigenvalue weighted by atomic mass is 79.9. The van der Waals surface area contributed by atoms with Crippen molar-refractivity contribution in [1.82, 2.24) is 4.31 Å². The van der Waals surface area contributed by atoms with Crippen molar-refractivity contribution in [2.75, 3.05) is 6.54 Å². The van der Waals surface area contributed by atoms with Gasteiger partial charge >= 0.3 is 0 Å². The van der Waals surface area contributed by atoms with Crippen LogP contribution in [0, 0.1) is 6.92 Å². The predicted octanol–water partition coefficient (Wildman–Crippen LogP) is 3.19. The van der Waals surface area contributed by atoms with Crippen molar-refractivity contribution in [3.8, 4) is 0 Å². The molecule has 118 valence electrons. The fourth-order valence-corrected chi connectivity index (χ4v) is 4.76. The van der Waals surface area contributed by atoms with E-state index in [1.54, 1.807) is 19.1 Å². The summed E-state index contributed by atoms with van der Waals surface area (Å²) >= 11 is 3.41. The third kappa shape index (κ3) is 3.94. The van der Waals surface area contributed by atoms with E-state index in [4.69, 9.17) is 5.73 Å². The number of nitrogens with two attached hydrogens (primary N) is 1. The van der Waals surface area contributed by atoms with Gasteiger partial charge in [-0.25, -0.2) is 8.42 Å². The van der Waals surface area contributed by atoms with Crippen LogP contribution >= 0.6 is 15.9 Å². The second kappa shape index (κ2) is 6.60. The largest absolute Gasteiger partial charge is 0.326 e. The number of benzene rings is 1. The number of hydrogen-bond acceptors (Lipinski definition) is 3. The molecule has 0 radical (unpaired) electrons. The first-order valence-electron chi connectivity index (χ1n) is 6.68. The molecule has 6 heteroatoms. The smallest absolute Gasteiger partial charge is 0.244 e. The van der Waals surface area contributed by atoms with Crippen molar-refractivity contribution in [2.45, 2.75) is 44.7 Å². The summed E-state index contributed by atoms with van der Waals surface area (Å²) in [6, 6.07) is 3.50. The molecule has 0 atom stereocenters. The quantitative estimate of drug-likeness (QED) is 0.804. The molecule has 1 rings (SSSR count). The summed E-state index contributed by atoms with van der Waals surface area (Å²) in [7, 11) is -3.63. The van der Waals surface area contributed by atoms with Crippen molar-refractivity contribution in [3.05, 3.63) is 40.4 Å². The zero-order valence-electron chi connectivity index (χ0n) is 13.0. The summed E-state index contributed by atoms with van der Waals surface area (Å²) in [5, 5.41) is 0. The van der Waals surface area contributed by atoms with Crippen LogP contribution in [-0.2, 0) is 16.6 Å². The Bertz CT molecular complexity index is 634. The third-order valence-corrected chi connectivity index (χ3v) is 6.28. The molecule has 4 nitrogen and oxygen atoms in total. The topological polar surface area (TPSA) is 63.4 Å². The Morgan fingerprint density at radius 3 is 2.38 bits per heavy atom. The van der Waals surface area contributed by atoms with Gasteiger partial charge in [0.1, 0.15) is 0 Å². The lowest BCUT2D eigenvalue weighted by molar-refractivity contribution is 0.269. The molecule has 1 aromatic rings. The molecule has 0 aromatic heterocycles. The first kappa shape index (κ1) is 18.4. The van der Waals surface area contributed by atoms with E-state index in [1.165, 1.54) is 4.31 Å². The van der Waals surface area contributed by atoms with Crippen molar-refractivity contribution < 1.29 is 8.42 Å². The molecule has 21 heavy (non-hydrogen) atoms. The molecule has 0 aliphatic carbocycles. The van der Waals surface area contributed by atoms with E-state index in [9.17, 15) is 8.42 Å². The van der Waals surface area contributed by atoms with Crippen molar-refractivity contribution >= 4 is 26.0 Å². The van der Waals surface area contributed by atoms with Crippen LogP contribution in [0.15, 0.2) is 34.2 Å². The fraction of sp³-hybridized carbons (Fsp3) is 0.467. The average molecular weight is 375 g/mol. The van der Waals surface area contributed by atoms with E-state index in [1.807, 2.05) is 26.8 Å².